The molecule has 1 atom stereocenters. The molecule has 156 valence electrons. The van der Waals surface area contributed by atoms with E-state index in [-0.39, 0.29) is 36.4 Å². The van der Waals surface area contributed by atoms with Crippen molar-refractivity contribution in [3.8, 4) is 11.5 Å². The van der Waals surface area contributed by atoms with Gasteiger partial charge in [-0.3, -0.25) is 14.4 Å². The van der Waals surface area contributed by atoms with E-state index in [1.807, 2.05) is 4.90 Å². The Bertz CT molecular complexity index is 810. The maximum atomic E-state index is 12.6. The number of ketones is 1. The number of piperidine rings is 1. The van der Waals surface area contributed by atoms with Crippen molar-refractivity contribution < 1.29 is 28.6 Å². The van der Waals surface area contributed by atoms with E-state index in [1.165, 1.54) is 6.92 Å². The van der Waals surface area contributed by atoms with Crippen LogP contribution in [0.3, 0.4) is 0 Å². The van der Waals surface area contributed by atoms with Crippen LogP contribution in [0.5, 0.6) is 11.5 Å². The minimum absolute atomic E-state index is 0.0804. The van der Waals surface area contributed by atoms with Crippen molar-refractivity contribution in [1.82, 2.24) is 4.90 Å². The summed E-state index contributed by atoms with van der Waals surface area (Å²) < 4.78 is 16.1. The van der Waals surface area contributed by atoms with Crippen LogP contribution >= 0.6 is 0 Å². The smallest absolute Gasteiger partial charge is 0.251 e. The summed E-state index contributed by atoms with van der Waals surface area (Å²) in [6.07, 6.45) is 3.38. The molecule has 0 aliphatic carbocycles. The maximum absolute atomic E-state index is 12.6. The third-order valence-corrected chi connectivity index (χ3v) is 5.77. The van der Waals surface area contributed by atoms with Gasteiger partial charge in [-0.25, -0.2) is 0 Å². The van der Waals surface area contributed by atoms with Gasteiger partial charge in [0.05, 0.1) is 5.69 Å². The molecule has 8 nitrogen and oxygen atoms in total. The molecule has 4 rings (SSSR count). The van der Waals surface area contributed by atoms with Crippen LogP contribution in [0.1, 0.15) is 49.4 Å². The van der Waals surface area contributed by atoms with Crippen LogP contribution in [0.15, 0.2) is 12.1 Å². The summed E-state index contributed by atoms with van der Waals surface area (Å²) in [6.45, 7) is 3.52. The summed E-state index contributed by atoms with van der Waals surface area (Å²) in [5, 5.41) is 2.85. The molecular formula is C21H26N2O6. The zero-order chi connectivity index (χ0) is 20.4. The maximum Gasteiger partial charge on any atom is 0.251 e. The van der Waals surface area contributed by atoms with E-state index in [2.05, 4.69) is 5.32 Å². The van der Waals surface area contributed by atoms with Crippen molar-refractivity contribution in [2.24, 2.45) is 5.92 Å². The number of rotatable bonds is 5. The fourth-order valence-electron chi connectivity index (χ4n) is 4.13. The van der Waals surface area contributed by atoms with Crippen molar-refractivity contribution in [2.75, 3.05) is 31.8 Å². The van der Waals surface area contributed by atoms with Gasteiger partial charge in [0.25, 0.3) is 5.91 Å². The number of carbonyl (C=O) groups excluding carboxylic acids is 3. The average Bonchev–Trinajstić information content (AvgIpc) is 3.39. The van der Waals surface area contributed by atoms with E-state index < -0.39 is 0 Å². The molecule has 3 aliphatic heterocycles. The predicted molar refractivity (Wildman–Crippen MR) is 104 cm³/mol. The number of nitrogens with zero attached hydrogens (tertiary/aromatic N) is 1. The van der Waals surface area contributed by atoms with E-state index in [1.54, 1.807) is 12.1 Å². The van der Waals surface area contributed by atoms with Gasteiger partial charge in [0.15, 0.2) is 17.3 Å². The first-order valence-electron chi connectivity index (χ1n) is 10.2. The number of hydrogen-bond donors (Lipinski definition) is 1. The zero-order valence-corrected chi connectivity index (χ0v) is 16.6. The third kappa shape index (κ3) is 4.37. The quantitative estimate of drug-likeness (QED) is 0.760. The Morgan fingerprint density at radius 3 is 2.48 bits per heavy atom. The SMILES string of the molecule is CC(=O)c1cc2c(cc1NC(=O)CC1CCN(C(=O)[C@H]3CCCO3)CC1)OCO2. The Kier molecular flexibility index (Phi) is 5.71. The van der Waals surface area contributed by atoms with Crippen LogP contribution in [0.4, 0.5) is 5.69 Å². The molecule has 0 unspecified atom stereocenters. The molecule has 3 heterocycles. The lowest BCUT2D eigenvalue weighted by Crippen LogP contribution is -2.44. The molecule has 1 N–H and O–H groups in total. The first-order valence-corrected chi connectivity index (χ1v) is 10.2. The standard InChI is InChI=1S/C21H26N2O6/c1-13(24)15-10-18-19(29-12-28-18)11-16(15)22-20(25)9-14-4-6-23(7-5-14)21(26)17-3-2-8-27-17/h10-11,14,17H,2-9,12H2,1H3,(H,22,25)/t17-/m1/s1. The Balaban J connectivity index is 1.32. The first kappa shape index (κ1) is 19.7. The summed E-state index contributed by atoms with van der Waals surface area (Å²) in [6, 6.07) is 3.25. The number of amides is 2. The first-order chi connectivity index (χ1) is 14.0. The summed E-state index contributed by atoms with van der Waals surface area (Å²) in [7, 11) is 0. The van der Waals surface area contributed by atoms with Gasteiger partial charge in [0, 0.05) is 37.7 Å². The lowest BCUT2D eigenvalue weighted by molar-refractivity contribution is -0.142. The molecule has 0 spiro atoms. The van der Waals surface area contributed by atoms with E-state index in [9.17, 15) is 14.4 Å². The summed E-state index contributed by atoms with van der Waals surface area (Å²) >= 11 is 0. The summed E-state index contributed by atoms with van der Waals surface area (Å²) in [5.41, 5.74) is 0.845. The molecule has 0 bridgehead atoms. The van der Waals surface area contributed by atoms with Crippen LogP contribution in [0, 0.1) is 5.92 Å². The van der Waals surface area contributed by atoms with Crippen molar-refractivity contribution in [3.63, 3.8) is 0 Å². The zero-order valence-electron chi connectivity index (χ0n) is 16.6. The number of nitrogens with one attached hydrogen (secondary N) is 1. The monoisotopic (exact) mass is 402 g/mol. The minimum atomic E-state index is -0.286. The molecule has 0 saturated carbocycles. The van der Waals surface area contributed by atoms with Crippen molar-refractivity contribution in [3.05, 3.63) is 17.7 Å². The van der Waals surface area contributed by atoms with Gasteiger partial charge in [-0.05, 0) is 44.6 Å². The molecule has 29 heavy (non-hydrogen) atoms. The van der Waals surface area contributed by atoms with Crippen LogP contribution < -0.4 is 14.8 Å². The molecule has 2 amide bonds. The van der Waals surface area contributed by atoms with Gasteiger partial charge in [-0.2, -0.15) is 0 Å². The van der Waals surface area contributed by atoms with Crippen molar-refractivity contribution in [1.29, 1.82) is 0 Å². The Labute approximate surface area is 169 Å². The van der Waals surface area contributed by atoms with E-state index in [0.717, 1.165) is 25.7 Å². The Morgan fingerprint density at radius 1 is 1.10 bits per heavy atom. The molecule has 2 saturated heterocycles. The number of carbonyl (C=O) groups is 3. The minimum Gasteiger partial charge on any atom is -0.454 e. The second kappa shape index (κ2) is 8.41. The van der Waals surface area contributed by atoms with Gasteiger partial charge in [0.2, 0.25) is 12.7 Å². The molecule has 3 aliphatic rings. The third-order valence-electron chi connectivity index (χ3n) is 5.77. The fraction of sp³-hybridized carbons (Fsp3) is 0.571. The highest BCUT2D eigenvalue weighted by molar-refractivity contribution is 6.04. The molecule has 0 aromatic heterocycles. The van der Waals surface area contributed by atoms with Crippen LogP contribution in [0.2, 0.25) is 0 Å². The lowest BCUT2D eigenvalue weighted by atomic mass is 9.92. The number of fused-ring (bicyclic) bond motifs is 1. The molecule has 8 heteroatoms. The highest BCUT2D eigenvalue weighted by Gasteiger charge is 2.31. The number of anilines is 1. The van der Waals surface area contributed by atoms with Gasteiger partial charge in [-0.15, -0.1) is 0 Å². The molecule has 1 aromatic rings. The summed E-state index contributed by atoms with van der Waals surface area (Å²) in [4.78, 5) is 38.8. The number of Topliss-reactive ketones (excluding diaryl/α,β-unsaturated/α-hetero) is 1. The number of hydrogen-bond acceptors (Lipinski definition) is 6. The van der Waals surface area contributed by atoms with Crippen molar-refractivity contribution in [2.45, 2.75) is 45.1 Å². The van der Waals surface area contributed by atoms with Gasteiger partial charge in [0.1, 0.15) is 6.10 Å². The fourth-order valence-corrected chi connectivity index (χ4v) is 4.13. The second-order valence-corrected chi connectivity index (χ2v) is 7.83. The molecule has 2 fully saturated rings. The normalized spacial score (nSPS) is 21.3. The Morgan fingerprint density at radius 2 is 1.83 bits per heavy atom. The number of likely N-dealkylation sites (tertiary alicyclic amines) is 1. The van der Waals surface area contributed by atoms with Crippen LogP contribution in [-0.2, 0) is 14.3 Å². The second-order valence-electron chi connectivity index (χ2n) is 7.83. The predicted octanol–water partition coefficient (Wildman–Crippen LogP) is 2.36. The van der Waals surface area contributed by atoms with E-state index in [0.29, 0.717) is 48.9 Å². The molecular weight excluding hydrogens is 376 g/mol. The topological polar surface area (TPSA) is 94.2 Å². The molecule has 1 aromatic carbocycles. The van der Waals surface area contributed by atoms with Crippen LogP contribution in [0.25, 0.3) is 0 Å². The van der Waals surface area contributed by atoms with E-state index >= 15 is 0 Å². The van der Waals surface area contributed by atoms with Crippen molar-refractivity contribution >= 4 is 23.3 Å². The van der Waals surface area contributed by atoms with Crippen LogP contribution in [-0.4, -0.2) is 55.1 Å². The summed E-state index contributed by atoms with van der Waals surface area (Å²) in [5.74, 6) is 1.02. The van der Waals surface area contributed by atoms with E-state index in [4.69, 9.17) is 14.2 Å². The molecule has 0 radical (unpaired) electrons. The average molecular weight is 402 g/mol. The number of ether oxygens (including phenoxy) is 3. The number of benzene rings is 1. The van der Waals surface area contributed by atoms with Gasteiger partial charge in [-0.1, -0.05) is 0 Å². The highest BCUT2D eigenvalue weighted by Crippen LogP contribution is 2.37. The van der Waals surface area contributed by atoms with Gasteiger partial charge >= 0.3 is 0 Å². The Hall–Kier alpha value is -2.61. The largest absolute Gasteiger partial charge is 0.454 e. The lowest BCUT2D eigenvalue weighted by Gasteiger charge is -2.33. The van der Waals surface area contributed by atoms with Gasteiger partial charge < -0.3 is 24.4 Å². The highest BCUT2D eigenvalue weighted by atomic mass is 16.7.